The number of phenolic OH excluding ortho intramolecular Hbond substituents is 1. The number of carbonyl (C=O) groups is 1. The second kappa shape index (κ2) is 8.90. The van der Waals surface area contributed by atoms with Crippen LogP contribution < -0.4 is 15.5 Å². The Labute approximate surface area is 188 Å². The molecule has 3 atom stereocenters. The van der Waals surface area contributed by atoms with Crippen LogP contribution in [0.25, 0.3) is 17.3 Å². The number of benzene rings is 1. The number of aromatic nitrogens is 2. The number of hydrogen-bond donors (Lipinski definition) is 3. The topological polar surface area (TPSA) is 90.4 Å². The van der Waals surface area contributed by atoms with Crippen LogP contribution in [0.4, 0.5) is 5.82 Å². The minimum absolute atomic E-state index is 0.0981. The summed E-state index contributed by atoms with van der Waals surface area (Å²) in [7, 11) is 2.10. The number of nitrogens with zero attached hydrogens (tertiary/aromatic N) is 3. The molecule has 3 N–H and O–H groups in total. The number of rotatable bonds is 6. The molecular formula is C25H31N5O2. The van der Waals surface area contributed by atoms with Gasteiger partial charge in [0.25, 0.3) is 0 Å². The fraction of sp³-hybridized carbons (Fsp3) is 0.480. The van der Waals surface area contributed by atoms with E-state index in [4.69, 9.17) is 0 Å². The summed E-state index contributed by atoms with van der Waals surface area (Å²) < 4.78 is 0. The third-order valence-electron chi connectivity index (χ3n) is 6.90. The van der Waals surface area contributed by atoms with Gasteiger partial charge in [0.1, 0.15) is 5.75 Å². The van der Waals surface area contributed by atoms with E-state index in [0.717, 1.165) is 37.1 Å². The predicted octanol–water partition coefficient (Wildman–Crippen LogP) is 3.25. The summed E-state index contributed by atoms with van der Waals surface area (Å²) in [6.07, 6.45) is 11.5. The van der Waals surface area contributed by atoms with Gasteiger partial charge >= 0.3 is 0 Å². The molecule has 5 rings (SSSR count). The average molecular weight is 434 g/mol. The van der Waals surface area contributed by atoms with Crippen molar-refractivity contribution in [3.05, 3.63) is 42.0 Å². The first-order chi connectivity index (χ1) is 15.5. The second-order valence-corrected chi connectivity index (χ2v) is 9.40. The maximum atomic E-state index is 11.8. The number of carbonyl (C=O) groups excluding carboxylic acids is 1. The van der Waals surface area contributed by atoms with E-state index in [9.17, 15) is 9.90 Å². The normalized spacial score (nSPS) is 25.0. The zero-order valence-corrected chi connectivity index (χ0v) is 18.5. The van der Waals surface area contributed by atoms with Gasteiger partial charge in [0, 0.05) is 42.9 Å². The van der Waals surface area contributed by atoms with Crippen LogP contribution in [0.2, 0.25) is 0 Å². The molecule has 7 heteroatoms. The van der Waals surface area contributed by atoms with Crippen molar-refractivity contribution < 1.29 is 9.90 Å². The first-order valence-electron chi connectivity index (χ1n) is 11.7. The molecule has 1 amide bonds. The summed E-state index contributed by atoms with van der Waals surface area (Å²) in [6.45, 7) is 0. The first kappa shape index (κ1) is 20.9. The van der Waals surface area contributed by atoms with Crippen molar-refractivity contribution in [1.29, 1.82) is 0 Å². The van der Waals surface area contributed by atoms with E-state index in [0.29, 0.717) is 35.4 Å². The van der Waals surface area contributed by atoms with Gasteiger partial charge in [-0.25, -0.2) is 0 Å². The van der Waals surface area contributed by atoms with Crippen LogP contribution in [-0.2, 0) is 4.79 Å². The molecule has 1 aliphatic carbocycles. The average Bonchev–Trinajstić information content (AvgIpc) is 3.61. The van der Waals surface area contributed by atoms with Gasteiger partial charge in [-0.1, -0.05) is 12.5 Å². The van der Waals surface area contributed by atoms with Crippen LogP contribution in [0.5, 0.6) is 5.75 Å². The fourth-order valence-electron chi connectivity index (χ4n) is 4.91. The van der Waals surface area contributed by atoms with Gasteiger partial charge in [-0.2, -0.15) is 0 Å². The van der Waals surface area contributed by atoms with Gasteiger partial charge in [-0.15, -0.1) is 10.2 Å². The summed E-state index contributed by atoms with van der Waals surface area (Å²) in [4.78, 5) is 14.1. The van der Waals surface area contributed by atoms with Crippen LogP contribution in [0.15, 0.2) is 36.4 Å². The number of hydrogen-bond acceptors (Lipinski definition) is 6. The summed E-state index contributed by atoms with van der Waals surface area (Å²) in [5.41, 5.74) is 2.02. The molecule has 2 bridgehead atoms. The highest BCUT2D eigenvalue weighted by Gasteiger charge is 2.33. The summed E-state index contributed by atoms with van der Waals surface area (Å²) in [6, 6.07) is 11.3. The van der Waals surface area contributed by atoms with E-state index in [1.54, 1.807) is 12.1 Å². The lowest BCUT2D eigenvalue weighted by atomic mass is 9.83. The van der Waals surface area contributed by atoms with E-state index >= 15 is 0 Å². The van der Waals surface area contributed by atoms with Crippen LogP contribution in [-0.4, -0.2) is 52.4 Å². The van der Waals surface area contributed by atoms with Gasteiger partial charge in [0.05, 0.1) is 5.69 Å². The van der Waals surface area contributed by atoms with E-state index in [1.807, 2.05) is 24.3 Å². The van der Waals surface area contributed by atoms with Crippen molar-refractivity contribution in [2.75, 3.05) is 11.9 Å². The van der Waals surface area contributed by atoms with Gasteiger partial charge < -0.3 is 20.6 Å². The number of fused-ring (bicyclic) bond motifs is 2. The van der Waals surface area contributed by atoms with Gasteiger partial charge in [-0.05, 0) is 74.4 Å². The van der Waals surface area contributed by atoms with Crippen LogP contribution in [0, 0.1) is 0 Å². The van der Waals surface area contributed by atoms with Gasteiger partial charge in [-0.3, -0.25) is 4.79 Å². The van der Waals surface area contributed by atoms with Crippen molar-refractivity contribution in [1.82, 2.24) is 20.8 Å². The maximum absolute atomic E-state index is 11.8. The zero-order chi connectivity index (χ0) is 22.1. The number of aromatic hydroxyl groups is 1. The molecular weight excluding hydrogens is 402 g/mol. The van der Waals surface area contributed by atoms with Crippen molar-refractivity contribution in [3.8, 4) is 17.0 Å². The summed E-state index contributed by atoms with van der Waals surface area (Å²) in [5.74, 6) is 0.884. The number of nitrogens with one attached hydrogen (secondary N) is 2. The standard InChI is InChI=1S/C25H31N5O2/c1-30(20-14-18-3-2-4-19(15-20)26-18)24-11-10-22(28-29-24)21-9-5-16(13-23(21)31)6-12-25(32)27-17-7-8-17/h5-6,9-13,17-20,26,31H,2-4,7-8,14-15H2,1H3,(H,27,32)/b12-6+/t18-,19+,20?. The van der Waals surface area contributed by atoms with E-state index in [-0.39, 0.29) is 11.7 Å². The first-order valence-corrected chi connectivity index (χ1v) is 11.7. The molecule has 3 fully saturated rings. The molecule has 1 aromatic heterocycles. The smallest absolute Gasteiger partial charge is 0.244 e. The third-order valence-corrected chi connectivity index (χ3v) is 6.90. The van der Waals surface area contributed by atoms with Crippen molar-refractivity contribution in [2.45, 2.75) is 69.1 Å². The number of phenols is 1. The lowest BCUT2D eigenvalue weighted by Gasteiger charge is -2.43. The Morgan fingerprint density at radius 2 is 1.91 bits per heavy atom. The lowest BCUT2D eigenvalue weighted by Crippen LogP contribution is -2.54. The minimum atomic E-state index is -0.0981. The predicted molar refractivity (Wildman–Crippen MR) is 125 cm³/mol. The molecule has 7 nitrogen and oxygen atoms in total. The maximum Gasteiger partial charge on any atom is 0.244 e. The Morgan fingerprint density at radius 3 is 2.56 bits per heavy atom. The fourth-order valence-corrected chi connectivity index (χ4v) is 4.91. The van der Waals surface area contributed by atoms with E-state index < -0.39 is 0 Å². The molecule has 168 valence electrons. The molecule has 32 heavy (non-hydrogen) atoms. The number of piperidine rings is 2. The molecule has 3 heterocycles. The number of amides is 1. The molecule has 1 saturated carbocycles. The molecule has 3 aliphatic rings. The van der Waals surface area contributed by atoms with Gasteiger partial charge in [0.2, 0.25) is 5.91 Å². The van der Waals surface area contributed by atoms with E-state index in [2.05, 4.69) is 32.8 Å². The quantitative estimate of drug-likeness (QED) is 0.606. The Morgan fingerprint density at radius 1 is 1.12 bits per heavy atom. The zero-order valence-electron chi connectivity index (χ0n) is 18.5. The molecule has 1 aromatic carbocycles. The van der Waals surface area contributed by atoms with E-state index in [1.165, 1.54) is 25.3 Å². The van der Waals surface area contributed by atoms with Crippen LogP contribution in [0.1, 0.15) is 50.5 Å². The Balaban J connectivity index is 1.25. The molecule has 0 radical (unpaired) electrons. The summed E-state index contributed by atoms with van der Waals surface area (Å²) in [5, 5.41) is 26.0. The second-order valence-electron chi connectivity index (χ2n) is 9.40. The third kappa shape index (κ3) is 4.78. The van der Waals surface area contributed by atoms with Crippen molar-refractivity contribution in [2.24, 2.45) is 0 Å². The molecule has 1 unspecified atom stereocenters. The number of anilines is 1. The largest absolute Gasteiger partial charge is 0.507 e. The highest BCUT2D eigenvalue weighted by atomic mass is 16.3. The Hall–Kier alpha value is -2.93. The molecule has 2 aliphatic heterocycles. The molecule has 2 saturated heterocycles. The Bertz CT molecular complexity index is 990. The minimum Gasteiger partial charge on any atom is -0.507 e. The highest BCUT2D eigenvalue weighted by Crippen LogP contribution is 2.32. The van der Waals surface area contributed by atoms with Crippen LogP contribution >= 0.6 is 0 Å². The van der Waals surface area contributed by atoms with Gasteiger partial charge in [0.15, 0.2) is 5.82 Å². The summed E-state index contributed by atoms with van der Waals surface area (Å²) >= 11 is 0. The molecule has 0 spiro atoms. The Kier molecular flexibility index (Phi) is 5.83. The lowest BCUT2D eigenvalue weighted by molar-refractivity contribution is -0.116. The van der Waals surface area contributed by atoms with Crippen LogP contribution in [0.3, 0.4) is 0 Å². The molecule has 2 aromatic rings. The highest BCUT2D eigenvalue weighted by molar-refractivity contribution is 5.92. The van der Waals surface area contributed by atoms with Crippen molar-refractivity contribution in [3.63, 3.8) is 0 Å². The monoisotopic (exact) mass is 433 g/mol. The van der Waals surface area contributed by atoms with Crippen molar-refractivity contribution >= 4 is 17.8 Å². The SMILES string of the molecule is CN(c1ccc(-c2ccc(/C=C/C(=O)NC3CC3)cc2O)nn1)C1C[C@H]2CCC[C@@H](C1)N2.